The monoisotopic (exact) mass is 385 g/mol. The first-order valence-corrected chi connectivity index (χ1v) is 9.86. The molecule has 1 saturated heterocycles. The van der Waals surface area contributed by atoms with Gasteiger partial charge in [0.1, 0.15) is 11.5 Å². The number of β-amino-alcohol motifs (C(OH)–C–C–N with tert-alkyl or cyclic N) is 1. The summed E-state index contributed by atoms with van der Waals surface area (Å²) in [5.41, 5.74) is 3.16. The van der Waals surface area contributed by atoms with Crippen molar-refractivity contribution in [2.45, 2.75) is 26.0 Å². The molecule has 0 bridgehead atoms. The average Bonchev–Trinajstić information content (AvgIpc) is 2.94. The lowest BCUT2D eigenvalue weighted by atomic mass is 10.1. The molecular formula is C22H31N3O3. The van der Waals surface area contributed by atoms with Gasteiger partial charge in [0.15, 0.2) is 0 Å². The standard InChI is InChI=1S/C22H31N3O3/c1-17-6-4-9-23-20(17)15-24-10-5-11-25(13-12-24)16-21(26)19-14-18(27-2)7-8-22(19)28-3/h4,6-9,14,21,26H,5,10-13,15-16H2,1-3H3. The molecule has 0 saturated carbocycles. The number of pyridine rings is 1. The van der Waals surface area contributed by atoms with E-state index in [2.05, 4.69) is 27.8 Å². The first-order valence-electron chi connectivity index (χ1n) is 9.86. The predicted octanol–water partition coefficient (Wildman–Crippen LogP) is 2.65. The van der Waals surface area contributed by atoms with Crippen LogP contribution in [0.15, 0.2) is 36.5 Å². The van der Waals surface area contributed by atoms with Crippen LogP contribution in [0.2, 0.25) is 0 Å². The van der Waals surface area contributed by atoms with Crippen molar-refractivity contribution in [1.82, 2.24) is 14.8 Å². The number of benzene rings is 1. The normalized spacial score (nSPS) is 17.1. The van der Waals surface area contributed by atoms with Gasteiger partial charge in [-0.2, -0.15) is 0 Å². The fourth-order valence-corrected chi connectivity index (χ4v) is 3.70. The summed E-state index contributed by atoms with van der Waals surface area (Å²) in [7, 11) is 3.26. The van der Waals surface area contributed by atoms with E-state index in [1.54, 1.807) is 14.2 Å². The highest BCUT2D eigenvalue weighted by molar-refractivity contribution is 5.41. The molecule has 6 nitrogen and oxygen atoms in total. The lowest BCUT2D eigenvalue weighted by Crippen LogP contribution is -2.33. The first-order chi connectivity index (χ1) is 13.6. The Morgan fingerprint density at radius 3 is 2.61 bits per heavy atom. The molecule has 1 atom stereocenters. The van der Waals surface area contributed by atoms with Gasteiger partial charge >= 0.3 is 0 Å². The second kappa shape index (κ2) is 9.87. The Balaban J connectivity index is 1.59. The average molecular weight is 386 g/mol. The molecule has 28 heavy (non-hydrogen) atoms. The van der Waals surface area contributed by atoms with Crippen LogP contribution in [0.25, 0.3) is 0 Å². The Bertz CT molecular complexity index is 768. The molecule has 1 unspecified atom stereocenters. The molecule has 1 aromatic heterocycles. The molecule has 1 aromatic carbocycles. The van der Waals surface area contributed by atoms with Gasteiger partial charge in [-0.3, -0.25) is 14.8 Å². The molecule has 1 aliphatic heterocycles. The fourth-order valence-electron chi connectivity index (χ4n) is 3.70. The third kappa shape index (κ3) is 5.22. The van der Waals surface area contributed by atoms with Crippen molar-refractivity contribution in [3.05, 3.63) is 53.3 Å². The Morgan fingerprint density at radius 1 is 1.07 bits per heavy atom. The zero-order valence-corrected chi connectivity index (χ0v) is 17.1. The summed E-state index contributed by atoms with van der Waals surface area (Å²) in [6.07, 6.45) is 2.33. The van der Waals surface area contributed by atoms with Crippen LogP contribution in [0, 0.1) is 6.92 Å². The van der Waals surface area contributed by atoms with Crippen molar-refractivity contribution >= 4 is 0 Å². The van der Waals surface area contributed by atoms with Gasteiger partial charge < -0.3 is 14.6 Å². The molecule has 2 aromatic rings. The van der Waals surface area contributed by atoms with E-state index in [9.17, 15) is 5.11 Å². The molecule has 0 amide bonds. The number of hydrogen-bond acceptors (Lipinski definition) is 6. The Labute approximate surface area is 167 Å². The summed E-state index contributed by atoms with van der Waals surface area (Å²) < 4.78 is 10.7. The third-order valence-corrected chi connectivity index (χ3v) is 5.40. The zero-order valence-electron chi connectivity index (χ0n) is 17.1. The molecule has 0 spiro atoms. The minimum Gasteiger partial charge on any atom is -0.497 e. The van der Waals surface area contributed by atoms with Gasteiger partial charge in [-0.15, -0.1) is 0 Å². The summed E-state index contributed by atoms with van der Waals surface area (Å²) in [6.45, 7) is 7.50. The highest BCUT2D eigenvalue weighted by Gasteiger charge is 2.21. The van der Waals surface area contributed by atoms with Crippen LogP contribution in [-0.2, 0) is 6.54 Å². The summed E-state index contributed by atoms with van der Waals surface area (Å²) >= 11 is 0. The molecule has 152 valence electrons. The number of nitrogens with zero attached hydrogens (tertiary/aromatic N) is 3. The van der Waals surface area contributed by atoms with Gasteiger partial charge in [0, 0.05) is 37.9 Å². The number of aryl methyl sites for hydroxylation is 1. The van der Waals surface area contributed by atoms with E-state index >= 15 is 0 Å². The van der Waals surface area contributed by atoms with E-state index in [4.69, 9.17) is 9.47 Å². The van der Waals surface area contributed by atoms with E-state index in [0.29, 0.717) is 12.3 Å². The SMILES string of the molecule is COc1ccc(OC)c(C(O)CN2CCCN(Cc3ncccc3C)CC2)c1. The second-order valence-corrected chi connectivity index (χ2v) is 7.32. The fraction of sp³-hybridized carbons (Fsp3) is 0.500. The van der Waals surface area contributed by atoms with Crippen LogP contribution >= 0.6 is 0 Å². The minimum absolute atomic E-state index is 0.583. The van der Waals surface area contributed by atoms with Gasteiger partial charge in [-0.05, 0) is 56.3 Å². The molecule has 0 radical (unpaired) electrons. The van der Waals surface area contributed by atoms with E-state index in [0.717, 1.165) is 56.2 Å². The molecule has 0 aliphatic carbocycles. The van der Waals surface area contributed by atoms with Gasteiger partial charge in [-0.25, -0.2) is 0 Å². The van der Waals surface area contributed by atoms with E-state index in [-0.39, 0.29) is 0 Å². The number of hydrogen-bond donors (Lipinski definition) is 1. The van der Waals surface area contributed by atoms with E-state index in [1.807, 2.05) is 30.5 Å². The number of rotatable bonds is 7. The smallest absolute Gasteiger partial charge is 0.124 e. The van der Waals surface area contributed by atoms with Crippen molar-refractivity contribution in [2.24, 2.45) is 0 Å². The molecular weight excluding hydrogens is 354 g/mol. The molecule has 1 aliphatic rings. The molecule has 1 N–H and O–H groups in total. The van der Waals surface area contributed by atoms with Crippen molar-refractivity contribution in [2.75, 3.05) is 46.9 Å². The third-order valence-electron chi connectivity index (χ3n) is 5.40. The van der Waals surface area contributed by atoms with Crippen LogP contribution < -0.4 is 9.47 Å². The number of ether oxygens (including phenoxy) is 2. The summed E-state index contributed by atoms with van der Waals surface area (Å²) in [6, 6.07) is 9.65. The maximum absolute atomic E-state index is 10.8. The maximum atomic E-state index is 10.8. The molecule has 3 rings (SSSR count). The Hall–Kier alpha value is -2.15. The summed E-state index contributed by atoms with van der Waals surface area (Å²) in [5.74, 6) is 1.41. The largest absolute Gasteiger partial charge is 0.497 e. The predicted molar refractivity (Wildman–Crippen MR) is 110 cm³/mol. The van der Waals surface area contributed by atoms with E-state index < -0.39 is 6.10 Å². The Kier molecular flexibility index (Phi) is 7.25. The van der Waals surface area contributed by atoms with Crippen LogP contribution in [0.4, 0.5) is 0 Å². The van der Waals surface area contributed by atoms with Gasteiger partial charge in [0.2, 0.25) is 0 Å². The maximum Gasteiger partial charge on any atom is 0.124 e. The first kappa shape index (κ1) is 20.6. The van der Waals surface area contributed by atoms with Gasteiger partial charge in [-0.1, -0.05) is 6.07 Å². The van der Waals surface area contributed by atoms with Crippen LogP contribution in [0.5, 0.6) is 11.5 Å². The minimum atomic E-state index is -0.616. The van der Waals surface area contributed by atoms with Crippen LogP contribution in [0.3, 0.4) is 0 Å². The van der Waals surface area contributed by atoms with Crippen LogP contribution in [0.1, 0.15) is 29.3 Å². The highest BCUT2D eigenvalue weighted by Crippen LogP contribution is 2.30. The zero-order chi connectivity index (χ0) is 19.9. The number of methoxy groups -OCH3 is 2. The van der Waals surface area contributed by atoms with Crippen molar-refractivity contribution in [3.63, 3.8) is 0 Å². The molecule has 2 heterocycles. The summed E-state index contributed by atoms with van der Waals surface area (Å²) in [4.78, 5) is 9.30. The Morgan fingerprint density at radius 2 is 1.86 bits per heavy atom. The molecule has 6 heteroatoms. The lowest BCUT2D eigenvalue weighted by Gasteiger charge is -2.25. The van der Waals surface area contributed by atoms with Crippen molar-refractivity contribution in [1.29, 1.82) is 0 Å². The highest BCUT2D eigenvalue weighted by atomic mass is 16.5. The van der Waals surface area contributed by atoms with Crippen molar-refractivity contribution in [3.8, 4) is 11.5 Å². The van der Waals surface area contributed by atoms with Crippen molar-refractivity contribution < 1.29 is 14.6 Å². The number of aliphatic hydroxyl groups excluding tert-OH is 1. The second-order valence-electron chi connectivity index (χ2n) is 7.32. The topological polar surface area (TPSA) is 58.1 Å². The summed E-state index contributed by atoms with van der Waals surface area (Å²) in [5, 5.41) is 10.8. The quantitative estimate of drug-likeness (QED) is 0.791. The lowest BCUT2D eigenvalue weighted by molar-refractivity contribution is 0.112. The molecule has 1 fully saturated rings. The number of aliphatic hydroxyl groups is 1. The van der Waals surface area contributed by atoms with E-state index in [1.165, 1.54) is 5.56 Å². The van der Waals surface area contributed by atoms with Gasteiger partial charge in [0.25, 0.3) is 0 Å². The van der Waals surface area contributed by atoms with Gasteiger partial charge in [0.05, 0.1) is 26.0 Å². The number of aromatic nitrogens is 1. The van der Waals surface area contributed by atoms with Crippen LogP contribution in [-0.4, -0.2) is 66.8 Å².